The summed E-state index contributed by atoms with van der Waals surface area (Å²) in [5.41, 5.74) is 0.789. The molecule has 3 unspecified atom stereocenters. The normalized spacial score (nSPS) is 26.5. The van der Waals surface area contributed by atoms with Crippen LogP contribution in [-0.4, -0.2) is 69.1 Å². The number of nitrogens with zero attached hydrogens (tertiary/aromatic N) is 4. The average Bonchev–Trinajstić information content (AvgIpc) is 3.29. The van der Waals surface area contributed by atoms with Crippen molar-refractivity contribution < 1.29 is 20.1 Å². The molecule has 4 rings (SSSR count). The van der Waals surface area contributed by atoms with Crippen molar-refractivity contribution >= 4 is 5.69 Å². The van der Waals surface area contributed by atoms with E-state index in [2.05, 4.69) is 27.0 Å². The van der Waals surface area contributed by atoms with E-state index in [1.165, 1.54) is 12.1 Å². The zero-order valence-electron chi connectivity index (χ0n) is 15.3. The highest BCUT2D eigenvalue weighted by Gasteiger charge is 2.40. The lowest BCUT2D eigenvalue weighted by atomic mass is 10.0. The molecule has 2 aromatic rings. The van der Waals surface area contributed by atoms with Crippen molar-refractivity contribution in [3.05, 3.63) is 35.4 Å². The number of hydrogen-bond acceptors (Lipinski definition) is 8. The van der Waals surface area contributed by atoms with Gasteiger partial charge in [-0.1, -0.05) is 17.3 Å². The van der Waals surface area contributed by atoms with Crippen LogP contribution in [0.5, 0.6) is 0 Å². The number of quaternary nitrogens is 1. The predicted octanol–water partition coefficient (Wildman–Crippen LogP) is 0.342. The van der Waals surface area contributed by atoms with Gasteiger partial charge in [0.25, 0.3) is 0 Å². The summed E-state index contributed by atoms with van der Waals surface area (Å²) in [7, 11) is 2.13. The quantitative estimate of drug-likeness (QED) is 0.656. The van der Waals surface area contributed by atoms with Crippen LogP contribution in [0.1, 0.15) is 31.2 Å². The number of aromatic nitrogens is 2. The Hall–Kier alpha value is -1.88. The summed E-state index contributed by atoms with van der Waals surface area (Å²) in [6.45, 7) is 2.70. The molecule has 9 nitrogen and oxygen atoms in total. The van der Waals surface area contributed by atoms with Crippen molar-refractivity contribution in [2.75, 3.05) is 26.7 Å². The third-order valence-electron chi connectivity index (χ3n) is 5.57. The van der Waals surface area contributed by atoms with Crippen LogP contribution in [0.4, 0.5) is 5.69 Å². The first-order valence-electron chi connectivity index (χ1n) is 9.31. The van der Waals surface area contributed by atoms with E-state index in [0.717, 1.165) is 25.9 Å². The molecule has 2 aliphatic heterocycles. The van der Waals surface area contributed by atoms with Crippen molar-refractivity contribution in [3.8, 4) is 11.4 Å². The number of benzene rings is 1. The molecule has 2 fully saturated rings. The third kappa shape index (κ3) is 3.88. The summed E-state index contributed by atoms with van der Waals surface area (Å²) >= 11 is 0. The fraction of sp³-hybridized carbons (Fsp3) is 0.556. The minimum atomic E-state index is -0.993. The summed E-state index contributed by atoms with van der Waals surface area (Å²) < 4.78 is 5.52. The highest BCUT2D eigenvalue weighted by atomic mass is 16.8. The van der Waals surface area contributed by atoms with E-state index in [1.807, 2.05) is 0 Å². The van der Waals surface area contributed by atoms with Gasteiger partial charge in [0.2, 0.25) is 11.7 Å². The van der Waals surface area contributed by atoms with Gasteiger partial charge in [-0.05, 0) is 39.4 Å². The maximum Gasteiger partial charge on any atom is 0.244 e. The topological polar surface area (TPSA) is 113 Å². The second-order valence-electron chi connectivity index (χ2n) is 7.48. The van der Waals surface area contributed by atoms with Crippen molar-refractivity contribution in [2.24, 2.45) is 0 Å². The highest BCUT2D eigenvalue weighted by Crippen LogP contribution is 2.36. The Morgan fingerprint density at radius 1 is 1.30 bits per heavy atom. The molecule has 9 heteroatoms. The first-order valence-corrected chi connectivity index (χ1v) is 9.31. The van der Waals surface area contributed by atoms with Crippen LogP contribution in [0.15, 0.2) is 28.8 Å². The van der Waals surface area contributed by atoms with E-state index in [0.29, 0.717) is 36.3 Å². The van der Waals surface area contributed by atoms with Crippen LogP contribution in [0.3, 0.4) is 0 Å². The minimum absolute atomic E-state index is 0.0997. The smallest absolute Gasteiger partial charge is 0.244 e. The fourth-order valence-electron chi connectivity index (χ4n) is 4.09. The van der Waals surface area contributed by atoms with E-state index in [4.69, 9.17) is 9.73 Å². The third-order valence-corrected chi connectivity index (χ3v) is 5.57. The zero-order chi connectivity index (χ0) is 19.0. The maximum atomic E-state index is 11.2. The Labute approximate surface area is 157 Å². The molecule has 3 atom stereocenters. The van der Waals surface area contributed by atoms with E-state index >= 15 is 0 Å². The minimum Gasteiger partial charge on any atom is -0.595 e. The lowest BCUT2D eigenvalue weighted by molar-refractivity contribution is -0.991. The van der Waals surface area contributed by atoms with Crippen LogP contribution in [0.2, 0.25) is 0 Å². The maximum absolute atomic E-state index is 11.2. The molecule has 1 aromatic heterocycles. The number of aliphatic hydroxyl groups is 1. The lowest BCUT2D eigenvalue weighted by Gasteiger charge is -2.37. The molecule has 0 saturated carbocycles. The number of β-amino-alcohol motifs (C(OH)–C–C–N with tert-alkyl or cyclic N) is 1. The van der Waals surface area contributed by atoms with Gasteiger partial charge in [-0.2, -0.15) is 10.2 Å². The van der Waals surface area contributed by atoms with E-state index in [-0.39, 0.29) is 11.7 Å². The predicted molar refractivity (Wildman–Crippen MR) is 96.1 cm³/mol. The number of nitrogens with one attached hydrogen (secondary N) is 1. The summed E-state index contributed by atoms with van der Waals surface area (Å²) in [4.78, 5) is 9.14. The molecule has 0 radical (unpaired) electrons. The first kappa shape index (κ1) is 18.5. The largest absolute Gasteiger partial charge is 0.595 e. The SMILES string of the molecule is CN1CCC(N2CC(O)CC2c2nc(-c3cccc([NH+]([O-])O)c3)no2)CC1. The molecule has 27 heavy (non-hydrogen) atoms. The van der Waals surface area contributed by atoms with Crippen LogP contribution in [-0.2, 0) is 0 Å². The van der Waals surface area contributed by atoms with Gasteiger partial charge in [0, 0.05) is 30.3 Å². The Kier molecular flexibility index (Phi) is 5.22. The van der Waals surface area contributed by atoms with Gasteiger partial charge in [-0.3, -0.25) is 4.90 Å². The Morgan fingerprint density at radius 2 is 2.07 bits per heavy atom. The standard InChI is InChI=1S/C18H25N5O4/c1-21-7-5-13(6-8-21)22-11-15(24)10-16(22)18-19-17(20-27-18)12-3-2-4-14(9-12)23(25)26/h2-4,9,13,15-16,23-25H,5-8,10-11H2,1H3. The van der Waals surface area contributed by atoms with Crippen molar-refractivity contribution in [1.82, 2.24) is 19.9 Å². The van der Waals surface area contributed by atoms with Crippen molar-refractivity contribution in [3.63, 3.8) is 0 Å². The van der Waals surface area contributed by atoms with Gasteiger partial charge >= 0.3 is 0 Å². The van der Waals surface area contributed by atoms with Gasteiger partial charge in [-0.25, -0.2) is 5.21 Å². The van der Waals surface area contributed by atoms with Crippen LogP contribution in [0.25, 0.3) is 11.4 Å². The Morgan fingerprint density at radius 3 is 2.81 bits per heavy atom. The highest BCUT2D eigenvalue weighted by molar-refractivity contribution is 5.58. The molecule has 3 heterocycles. The molecule has 2 saturated heterocycles. The second-order valence-corrected chi connectivity index (χ2v) is 7.48. The summed E-state index contributed by atoms with van der Waals surface area (Å²) in [5.74, 6) is 0.860. The molecule has 0 amide bonds. The van der Waals surface area contributed by atoms with Crippen LogP contribution >= 0.6 is 0 Å². The molecular formula is C18H25N5O4. The molecule has 1 aromatic carbocycles. The van der Waals surface area contributed by atoms with Crippen molar-refractivity contribution in [2.45, 2.75) is 37.5 Å². The van der Waals surface area contributed by atoms with Crippen molar-refractivity contribution in [1.29, 1.82) is 0 Å². The monoisotopic (exact) mass is 375 g/mol. The van der Waals surface area contributed by atoms with E-state index < -0.39 is 11.3 Å². The Balaban J connectivity index is 1.55. The first-order chi connectivity index (χ1) is 13.0. The molecule has 2 aliphatic rings. The number of hydrogen-bond donors (Lipinski definition) is 3. The average molecular weight is 375 g/mol. The number of aliphatic hydroxyl groups excluding tert-OH is 1. The zero-order valence-corrected chi connectivity index (χ0v) is 15.3. The van der Waals surface area contributed by atoms with E-state index in [1.54, 1.807) is 12.1 Å². The van der Waals surface area contributed by atoms with Gasteiger partial charge in [0.05, 0.1) is 12.1 Å². The molecule has 3 N–H and O–H groups in total. The van der Waals surface area contributed by atoms with Crippen LogP contribution in [0, 0.1) is 5.21 Å². The summed E-state index contributed by atoms with van der Waals surface area (Å²) in [5, 5.41) is 33.6. The molecule has 0 aliphatic carbocycles. The van der Waals surface area contributed by atoms with Gasteiger partial charge in [-0.15, -0.1) is 0 Å². The Bertz CT molecular complexity index is 775. The van der Waals surface area contributed by atoms with Gasteiger partial charge < -0.3 is 19.7 Å². The second kappa shape index (κ2) is 7.63. The molecule has 0 spiro atoms. The number of likely N-dealkylation sites (tertiary alicyclic amines) is 2. The lowest BCUT2D eigenvalue weighted by Crippen LogP contribution is -2.99. The summed E-state index contributed by atoms with van der Waals surface area (Å²) in [6.07, 6.45) is 2.28. The fourth-order valence-corrected chi connectivity index (χ4v) is 4.09. The van der Waals surface area contributed by atoms with Crippen LogP contribution < -0.4 is 5.23 Å². The number of piperidine rings is 1. The van der Waals surface area contributed by atoms with Gasteiger partial charge in [0.1, 0.15) is 0 Å². The summed E-state index contributed by atoms with van der Waals surface area (Å²) in [6, 6.07) is 6.79. The molecule has 146 valence electrons. The van der Waals surface area contributed by atoms with Gasteiger partial charge in [0.15, 0.2) is 5.69 Å². The number of rotatable bonds is 4. The van der Waals surface area contributed by atoms with E-state index in [9.17, 15) is 10.3 Å². The molecule has 0 bridgehead atoms. The molecular weight excluding hydrogens is 350 g/mol.